The molecule has 0 radical (unpaired) electrons. The van der Waals surface area contributed by atoms with Crippen molar-refractivity contribution in [2.24, 2.45) is 5.73 Å². The van der Waals surface area contributed by atoms with Gasteiger partial charge in [-0.25, -0.2) is 21.6 Å². The predicted octanol–water partition coefficient (Wildman–Crippen LogP) is 1.15. The Bertz CT molecular complexity index is 745. The van der Waals surface area contributed by atoms with Gasteiger partial charge in [0.25, 0.3) is 0 Å². The smallest absolute Gasteiger partial charge is 0.243 e. The molecule has 24 heavy (non-hydrogen) atoms. The van der Waals surface area contributed by atoms with Crippen LogP contribution in [-0.2, 0) is 20.0 Å². The third-order valence-corrected chi connectivity index (χ3v) is 7.12. The molecule has 1 aromatic rings. The first-order chi connectivity index (χ1) is 10.5. The van der Waals surface area contributed by atoms with Crippen LogP contribution in [0.5, 0.6) is 0 Å². The van der Waals surface area contributed by atoms with Crippen LogP contribution < -0.4 is 10.5 Å². The zero-order chi connectivity index (χ0) is 17.9. The van der Waals surface area contributed by atoms with Crippen molar-refractivity contribution < 1.29 is 16.8 Å². The molecule has 3 N–H and O–H groups in total. The summed E-state index contributed by atoms with van der Waals surface area (Å²) in [6.45, 7) is 7.51. The van der Waals surface area contributed by atoms with Crippen LogP contribution in [0.3, 0.4) is 0 Å². The Morgan fingerprint density at radius 3 is 2.04 bits per heavy atom. The molecule has 1 rings (SSSR count). The van der Waals surface area contributed by atoms with Gasteiger partial charge in [0.15, 0.2) is 0 Å². The van der Waals surface area contributed by atoms with Gasteiger partial charge in [-0.15, -0.1) is 12.4 Å². The van der Waals surface area contributed by atoms with Crippen LogP contribution in [0.2, 0.25) is 0 Å². The fourth-order valence-corrected chi connectivity index (χ4v) is 5.03. The molecule has 7 nitrogen and oxygen atoms in total. The Kier molecular flexibility index (Phi) is 8.34. The molecule has 0 atom stereocenters. The van der Waals surface area contributed by atoms with Gasteiger partial charge < -0.3 is 5.73 Å². The fraction of sp³-hybridized carbons (Fsp3) is 0.571. The zero-order valence-electron chi connectivity index (χ0n) is 14.3. The maximum atomic E-state index is 12.5. The van der Waals surface area contributed by atoms with Gasteiger partial charge in [0.05, 0.1) is 9.79 Å². The van der Waals surface area contributed by atoms with Gasteiger partial charge in [-0.2, -0.15) is 4.31 Å². The molecule has 0 aromatic heterocycles. The molecular weight excluding hydrogens is 374 g/mol. The van der Waals surface area contributed by atoms with E-state index in [0.717, 1.165) is 0 Å². The topological polar surface area (TPSA) is 110 Å². The van der Waals surface area contributed by atoms with Crippen LogP contribution in [0.4, 0.5) is 0 Å². The molecule has 0 fully saturated rings. The van der Waals surface area contributed by atoms with Gasteiger partial charge in [-0.3, -0.25) is 0 Å². The molecule has 10 heteroatoms. The Labute approximate surface area is 151 Å². The van der Waals surface area contributed by atoms with Crippen molar-refractivity contribution in [1.82, 2.24) is 9.03 Å². The van der Waals surface area contributed by atoms with E-state index in [9.17, 15) is 16.8 Å². The molecule has 0 saturated carbocycles. The number of nitrogens with zero attached hydrogens (tertiary/aromatic N) is 1. The fourth-order valence-electron chi connectivity index (χ4n) is 1.98. The lowest BCUT2D eigenvalue weighted by Gasteiger charge is -2.24. The van der Waals surface area contributed by atoms with Crippen LogP contribution in [0.1, 0.15) is 27.7 Å². The SMILES string of the molecule is CCN(CC)S(=O)(=O)c1cccc(S(=O)(=O)NC(C)(C)CN)c1.Cl. The summed E-state index contributed by atoms with van der Waals surface area (Å²) < 4.78 is 53.6. The number of benzene rings is 1. The Hall–Kier alpha value is -0.710. The second kappa shape index (κ2) is 8.59. The lowest BCUT2D eigenvalue weighted by atomic mass is 10.1. The summed E-state index contributed by atoms with van der Waals surface area (Å²) in [5.41, 5.74) is 4.71. The Morgan fingerprint density at radius 2 is 1.58 bits per heavy atom. The highest BCUT2D eigenvalue weighted by Gasteiger charge is 2.27. The minimum Gasteiger partial charge on any atom is -0.329 e. The summed E-state index contributed by atoms with van der Waals surface area (Å²) in [5.74, 6) is 0. The van der Waals surface area contributed by atoms with E-state index in [1.165, 1.54) is 28.6 Å². The number of nitrogens with two attached hydrogens (primary N) is 1. The van der Waals surface area contributed by atoms with Crippen molar-refractivity contribution in [2.75, 3.05) is 19.6 Å². The van der Waals surface area contributed by atoms with Gasteiger partial charge in [0.2, 0.25) is 20.0 Å². The summed E-state index contributed by atoms with van der Waals surface area (Å²) in [5, 5.41) is 0. The van der Waals surface area contributed by atoms with Gasteiger partial charge >= 0.3 is 0 Å². The van der Waals surface area contributed by atoms with Crippen molar-refractivity contribution in [1.29, 1.82) is 0 Å². The Morgan fingerprint density at radius 1 is 1.08 bits per heavy atom. The summed E-state index contributed by atoms with van der Waals surface area (Å²) in [6, 6.07) is 5.33. The summed E-state index contributed by atoms with van der Waals surface area (Å²) >= 11 is 0. The molecule has 0 aliphatic rings. The van der Waals surface area contributed by atoms with Crippen LogP contribution in [0, 0.1) is 0 Å². The van der Waals surface area contributed by atoms with E-state index in [0.29, 0.717) is 13.1 Å². The third-order valence-electron chi connectivity index (χ3n) is 3.38. The second-order valence-corrected chi connectivity index (χ2v) is 9.38. The average molecular weight is 400 g/mol. The molecule has 0 unspecified atom stereocenters. The van der Waals surface area contributed by atoms with Gasteiger partial charge in [0.1, 0.15) is 0 Å². The van der Waals surface area contributed by atoms with E-state index >= 15 is 0 Å². The van der Waals surface area contributed by atoms with E-state index in [1.54, 1.807) is 27.7 Å². The van der Waals surface area contributed by atoms with Crippen molar-refractivity contribution in [3.63, 3.8) is 0 Å². The van der Waals surface area contributed by atoms with Crippen molar-refractivity contribution in [2.45, 2.75) is 43.0 Å². The predicted molar refractivity (Wildman–Crippen MR) is 97.3 cm³/mol. The molecule has 0 spiro atoms. The Balaban J connectivity index is 0.00000529. The largest absolute Gasteiger partial charge is 0.329 e. The number of hydrogen-bond acceptors (Lipinski definition) is 5. The standard InChI is InChI=1S/C14H25N3O4S2.ClH/c1-5-17(6-2)23(20,21)13-9-7-8-12(10-13)22(18,19)16-14(3,4)11-15;/h7-10,16H,5-6,11,15H2,1-4H3;1H. The van der Waals surface area contributed by atoms with Gasteiger partial charge in [-0.05, 0) is 32.0 Å². The molecular formula is C14H26ClN3O4S2. The maximum Gasteiger partial charge on any atom is 0.243 e. The molecule has 1 aromatic carbocycles. The first kappa shape index (κ1) is 23.3. The number of halogens is 1. The number of nitrogens with one attached hydrogen (secondary N) is 1. The van der Waals surface area contributed by atoms with Crippen LogP contribution in [0.15, 0.2) is 34.1 Å². The summed E-state index contributed by atoms with van der Waals surface area (Å²) in [7, 11) is -7.58. The lowest BCUT2D eigenvalue weighted by molar-refractivity contribution is 0.445. The van der Waals surface area contributed by atoms with Crippen LogP contribution in [0.25, 0.3) is 0 Å². The van der Waals surface area contributed by atoms with E-state index < -0.39 is 25.6 Å². The van der Waals surface area contributed by atoms with Crippen molar-refractivity contribution >= 4 is 32.5 Å². The molecule has 140 valence electrons. The number of hydrogen-bond donors (Lipinski definition) is 2. The zero-order valence-corrected chi connectivity index (χ0v) is 16.8. The van der Waals surface area contributed by atoms with E-state index in [1.807, 2.05) is 0 Å². The van der Waals surface area contributed by atoms with Crippen molar-refractivity contribution in [3.8, 4) is 0 Å². The molecule has 0 saturated heterocycles. The van der Waals surface area contributed by atoms with Crippen molar-refractivity contribution in [3.05, 3.63) is 24.3 Å². The monoisotopic (exact) mass is 399 g/mol. The third kappa shape index (κ3) is 5.40. The summed E-state index contributed by atoms with van der Waals surface area (Å²) in [4.78, 5) is -0.151. The highest BCUT2D eigenvalue weighted by atomic mass is 35.5. The molecule has 0 aliphatic heterocycles. The second-order valence-electron chi connectivity index (χ2n) is 5.76. The minimum atomic E-state index is -3.86. The van der Waals surface area contributed by atoms with Gasteiger partial charge in [0, 0.05) is 25.2 Å². The summed E-state index contributed by atoms with van der Waals surface area (Å²) in [6.07, 6.45) is 0. The quantitative estimate of drug-likeness (QED) is 0.681. The lowest BCUT2D eigenvalue weighted by Crippen LogP contribution is -2.48. The average Bonchev–Trinajstić information content (AvgIpc) is 2.47. The van der Waals surface area contributed by atoms with Crippen LogP contribution >= 0.6 is 12.4 Å². The maximum absolute atomic E-state index is 12.5. The number of rotatable bonds is 8. The minimum absolute atomic E-state index is 0. The van der Waals surface area contributed by atoms with E-state index in [2.05, 4.69) is 4.72 Å². The molecule has 0 heterocycles. The highest BCUT2D eigenvalue weighted by molar-refractivity contribution is 7.90. The van der Waals surface area contributed by atoms with E-state index in [4.69, 9.17) is 5.73 Å². The van der Waals surface area contributed by atoms with Gasteiger partial charge in [-0.1, -0.05) is 19.9 Å². The first-order valence-electron chi connectivity index (χ1n) is 7.34. The first-order valence-corrected chi connectivity index (χ1v) is 10.3. The highest BCUT2D eigenvalue weighted by Crippen LogP contribution is 2.20. The number of sulfonamides is 2. The molecule has 0 amide bonds. The van der Waals surface area contributed by atoms with Crippen LogP contribution in [-0.4, -0.2) is 46.3 Å². The molecule has 0 bridgehead atoms. The normalized spacial score (nSPS) is 12.9. The molecule has 0 aliphatic carbocycles. The van der Waals surface area contributed by atoms with E-state index in [-0.39, 0.29) is 28.7 Å².